The van der Waals surface area contributed by atoms with Gasteiger partial charge in [-0.3, -0.25) is 0 Å². The normalized spacial score (nSPS) is 8.69. The Morgan fingerprint density at radius 3 is 1.54 bits per heavy atom. The van der Waals surface area contributed by atoms with Crippen molar-refractivity contribution in [1.29, 1.82) is 0 Å². The van der Waals surface area contributed by atoms with Gasteiger partial charge in [0.25, 0.3) is 0 Å². The summed E-state index contributed by atoms with van der Waals surface area (Å²) in [5.74, 6) is -3.43. The summed E-state index contributed by atoms with van der Waals surface area (Å²) in [7, 11) is 0. The van der Waals surface area contributed by atoms with Crippen LogP contribution in [0.15, 0.2) is 0 Å². The molecule has 0 rings (SSSR count). The quantitative estimate of drug-likeness (QED) is 0.466. The van der Waals surface area contributed by atoms with Crippen LogP contribution in [0.4, 0.5) is 0 Å². The average Bonchev–Trinajstić information content (AvgIpc) is 1.63. The summed E-state index contributed by atoms with van der Waals surface area (Å²) in [6.07, 6.45) is -2.89. The predicted octanol–water partition coefficient (Wildman–Crippen LogP) is -6.62. The number of hydrogen-bond donors (Lipinski definition) is 1. The summed E-state index contributed by atoms with van der Waals surface area (Å²) in [6, 6.07) is 0. The maximum absolute atomic E-state index is 9.58. The number of carbonyl (C=O) groups excluding carboxylic acids is 2. The predicted molar refractivity (Wildman–Crippen MR) is 37.2 cm³/mol. The minimum atomic E-state index is -1.96. The zero-order valence-electron chi connectivity index (χ0n) is 6.57. The third-order valence-electron chi connectivity index (χ3n) is 0.632. The van der Waals surface area contributed by atoms with Crippen LogP contribution in [0.3, 0.4) is 0 Å². The molecule has 9 heteroatoms. The minimum Gasteiger partial charge on any atom is -0.550 e. The Balaban J connectivity index is -0.0000000533. The van der Waals surface area contributed by atoms with Crippen molar-refractivity contribution in [3.63, 3.8) is 0 Å². The van der Waals surface area contributed by atoms with E-state index in [1.54, 1.807) is 0 Å². The summed E-state index contributed by atoms with van der Waals surface area (Å²) in [5.41, 5.74) is 0. The molecule has 8 nitrogen and oxygen atoms in total. The molecule has 0 bridgehead atoms. The molecule has 76 valence electrons. The van der Waals surface area contributed by atoms with Gasteiger partial charge in [0.1, 0.15) is 0 Å². The van der Waals surface area contributed by atoms with E-state index < -0.39 is 24.5 Å². The number of aliphatic hydroxyl groups is 1. The van der Waals surface area contributed by atoms with E-state index >= 15 is 0 Å². The Labute approximate surface area is 103 Å². The van der Waals surface area contributed by atoms with Crippen molar-refractivity contribution in [3.8, 4) is 0 Å². The van der Waals surface area contributed by atoms with Gasteiger partial charge in [-0.2, -0.15) is 0 Å². The minimum absolute atomic E-state index is 0. The second-order valence-corrected chi connectivity index (χ2v) is 1.41. The zero-order chi connectivity index (χ0) is 7.44. The van der Waals surface area contributed by atoms with Crippen LogP contribution in [0, 0.1) is 0 Å². The molecule has 0 amide bonds. The van der Waals surface area contributed by atoms with E-state index in [2.05, 4.69) is 0 Å². The van der Waals surface area contributed by atoms with Gasteiger partial charge in [-0.15, -0.1) is 0 Å². The molecule has 0 aliphatic heterocycles. The molecular weight excluding hydrogens is 216 g/mol. The van der Waals surface area contributed by atoms with Gasteiger partial charge in [-0.1, -0.05) is 0 Å². The summed E-state index contributed by atoms with van der Waals surface area (Å²) in [4.78, 5) is 19.1. The van der Waals surface area contributed by atoms with Gasteiger partial charge in [0.05, 0.1) is 12.1 Å². The van der Waals surface area contributed by atoms with E-state index in [0.29, 0.717) is 0 Å². The first-order valence-electron chi connectivity index (χ1n) is 2.13. The van der Waals surface area contributed by atoms with E-state index in [0.717, 1.165) is 0 Å². The van der Waals surface area contributed by atoms with E-state index in [9.17, 15) is 19.8 Å². The monoisotopic (exact) mass is 226 g/mol. The van der Waals surface area contributed by atoms with Crippen molar-refractivity contribution >= 4 is 49.7 Å². The molecule has 0 aromatic carbocycles. The van der Waals surface area contributed by atoms with E-state index in [-0.39, 0.29) is 54.2 Å². The standard InChI is InChI=1S/C4H6O5.Ca.3H2O/c5-2(4(8)9)1-3(6)7;;;;/h2,5H,1H2,(H,6,7)(H,8,9);;3*1H2/q;+2;;;/p-2. The zero-order valence-corrected chi connectivity index (χ0v) is 8.78. The van der Waals surface area contributed by atoms with Crippen LogP contribution in [0.2, 0.25) is 0 Å². The molecule has 0 aliphatic carbocycles. The third-order valence-corrected chi connectivity index (χ3v) is 0.632. The molecule has 1 atom stereocenters. The molecule has 0 radical (unpaired) electrons. The van der Waals surface area contributed by atoms with Gasteiger partial charge < -0.3 is 41.3 Å². The van der Waals surface area contributed by atoms with Gasteiger partial charge in [0, 0.05) is 12.4 Å². The number of carboxylic acid groups (broad SMARTS) is 2. The molecule has 1 unspecified atom stereocenters. The molecule has 0 saturated heterocycles. The van der Waals surface area contributed by atoms with Crippen molar-refractivity contribution in [2.75, 3.05) is 0 Å². The SMILES string of the molecule is O.O.O.O=C([O-])CC(O)C(=O)[O-].[Ca+2]. The van der Waals surface area contributed by atoms with Crippen molar-refractivity contribution in [2.24, 2.45) is 0 Å². The van der Waals surface area contributed by atoms with Gasteiger partial charge >= 0.3 is 37.7 Å². The van der Waals surface area contributed by atoms with Crippen LogP contribution >= 0.6 is 0 Å². The molecule has 0 aliphatic rings. The second-order valence-electron chi connectivity index (χ2n) is 1.41. The van der Waals surface area contributed by atoms with Crippen molar-refractivity contribution in [2.45, 2.75) is 12.5 Å². The van der Waals surface area contributed by atoms with Crippen LogP contribution in [0.25, 0.3) is 0 Å². The number of aliphatic hydroxyl groups excluding tert-OH is 1. The summed E-state index contributed by atoms with van der Waals surface area (Å²) >= 11 is 0. The fourth-order valence-corrected chi connectivity index (χ4v) is 0.241. The summed E-state index contributed by atoms with van der Waals surface area (Å²) < 4.78 is 0. The first kappa shape index (κ1) is 29.2. The fraction of sp³-hybridized carbons (Fsp3) is 0.500. The Hall–Kier alpha value is 0.0397. The van der Waals surface area contributed by atoms with Crippen LogP contribution in [-0.2, 0) is 9.59 Å². The molecular formula is C4H10CaO8. The maximum Gasteiger partial charge on any atom is 2.00 e. The van der Waals surface area contributed by atoms with E-state index in [1.165, 1.54) is 0 Å². The number of rotatable bonds is 3. The molecule has 0 aromatic heterocycles. The van der Waals surface area contributed by atoms with Crippen LogP contribution in [0.1, 0.15) is 6.42 Å². The van der Waals surface area contributed by atoms with Gasteiger partial charge in [0.2, 0.25) is 0 Å². The molecule has 13 heavy (non-hydrogen) atoms. The molecule has 0 heterocycles. The summed E-state index contributed by atoms with van der Waals surface area (Å²) in [6.45, 7) is 0. The van der Waals surface area contributed by atoms with Gasteiger partial charge in [-0.25, -0.2) is 0 Å². The van der Waals surface area contributed by atoms with Crippen LogP contribution in [-0.4, -0.2) is 77.3 Å². The molecule has 7 N–H and O–H groups in total. The van der Waals surface area contributed by atoms with E-state index in [1.807, 2.05) is 0 Å². The Morgan fingerprint density at radius 2 is 1.46 bits per heavy atom. The second kappa shape index (κ2) is 14.6. The number of carboxylic acids is 2. The van der Waals surface area contributed by atoms with E-state index in [4.69, 9.17) is 5.11 Å². The average molecular weight is 226 g/mol. The van der Waals surface area contributed by atoms with Gasteiger partial charge in [0.15, 0.2) is 0 Å². The smallest absolute Gasteiger partial charge is 0.550 e. The Kier molecular flexibility index (Phi) is 32.7. The fourth-order valence-electron chi connectivity index (χ4n) is 0.241. The maximum atomic E-state index is 9.58. The molecule has 0 fully saturated rings. The van der Waals surface area contributed by atoms with Crippen molar-refractivity contribution in [1.82, 2.24) is 0 Å². The number of aliphatic carboxylic acids is 2. The molecule has 0 spiro atoms. The van der Waals surface area contributed by atoms with Crippen molar-refractivity contribution < 1.29 is 41.3 Å². The number of carbonyl (C=O) groups is 2. The van der Waals surface area contributed by atoms with Crippen LogP contribution in [0.5, 0.6) is 0 Å². The largest absolute Gasteiger partial charge is 2.00 e. The Morgan fingerprint density at radius 1 is 1.15 bits per heavy atom. The molecule has 0 saturated carbocycles. The first-order valence-corrected chi connectivity index (χ1v) is 2.13. The van der Waals surface area contributed by atoms with Crippen molar-refractivity contribution in [3.05, 3.63) is 0 Å². The third kappa shape index (κ3) is 18.8. The molecule has 0 aromatic rings. The topological polar surface area (TPSA) is 195 Å². The van der Waals surface area contributed by atoms with Gasteiger partial charge in [-0.05, 0) is 0 Å². The van der Waals surface area contributed by atoms with Crippen LogP contribution < -0.4 is 10.2 Å². The Bertz CT molecular complexity index is 136. The number of hydrogen-bond acceptors (Lipinski definition) is 5. The summed E-state index contributed by atoms with van der Waals surface area (Å²) in [5, 5.41) is 27.3. The first-order chi connectivity index (χ1) is 4.04.